The number of hydrogen-bond acceptors (Lipinski definition) is 2. The Morgan fingerprint density at radius 2 is 2.13 bits per heavy atom. The molecule has 1 atom stereocenters. The van der Waals surface area contributed by atoms with Crippen molar-refractivity contribution in [1.82, 2.24) is 10.2 Å². The van der Waals surface area contributed by atoms with Gasteiger partial charge in [-0.05, 0) is 12.0 Å². The van der Waals surface area contributed by atoms with Gasteiger partial charge in [0, 0.05) is 19.6 Å². The predicted octanol–water partition coefficient (Wildman–Crippen LogP) is 0.659. The lowest BCUT2D eigenvalue weighted by atomic mass is 10.0. The smallest absolute Gasteiger partial charge is 0.236 e. The van der Waals surface area contributed by atoms with E-state index in [4.69, 9.17) is 0 Å². The molecular weight excluding hydrogens is 188 g/mol. The summed E-state index contributed by atoms with van der Waals surface area (Å²) in [7, 11) is 1.86. The largest absolute Gasteiger partial charge is 0.343 e. The van der Waals surface area contributed by atoms with Crippen LogP contribution in [0.25, 0.3) is 0 Å². The van der Waals surface area contributed by atoms with E-state index in [2.05, 4.69) is 17.4 Å². The van der Waals surface area contributed by atoms with Gasteiger partial charge in [-0.3, -0.25) is 4.79 Å². The molecule has 1 aliphatic rings. The maximum absolute atomic E-state index is 11.3. The van der Waals surface area contributed by atoms with Gasteiger partial charge in [0.15, 0.2) is 0 Å². The number of rotatable bonds is 2. The molecule has 3 heteroatoms. The fraction of sp³-hybridized carbons (Fsp3) is 0.417. The van der Waals surface area contributed by atoms with Crippen LogP contribution in [-0.2, 0) is 11.2 Å². The summed E-state index contributed by atoms with van der Waals surface area (Å²) in [5, 5.41) is 3.26. The highest BCUT2D eigenvalue weighted by Gasteiger charge is 2.21. The van der Waals surface area contributed by atoms with Crippen LogP contribution in [0.4, 0.5) is 0 Å². The fourth-order valence-corrected chi connectivity index (χ4v) is 1.90. The SMILES string of the molecule is CN1C[C@H](Cc2ccccc2)NCC1=O. The van der Waals surface area contributed by atoms with E-state index in [0.717, 1.165) is 13.0 Å². The fourth-order valence-electron chi connectivity index (χ4n) is 1.90. The zero-order valence-corrected chi connectivity index (χ0v) is 8.94. The van der Waals surface area contributed by atoms with Crippen LogP contribution in [0.1, 0.15) is 5.56 Å². The summed E-state index contributed by atoms with van der Waals surface area (Å²) < 4.78 is 0. The number of carbonyl (C=O) groups is 1. The number of benzene rings is 1. The highest BCUT2D eigenvalue weighted by Crippen LogP contribution is 2.06. The molecule has 1 aromatic rings. The van der Waals surface area contributed by atoms with Crippen molar-refractivity contribution in [3.63, 3.8) is 0 Å². The summed E-state index contributed by atoms with van der Waals surface area (Å²) in [6.07, 6.45) is 0.985. The minimum absolute atomic E-state index is 0.180. The van der Waals surface area contributed by atoms with Gasteiger partial charge in [0.2, 0.25) is 5.91 Å². The van der Waals surface area contributed by atoms with Crippen molar-refractivity contribution in [2.24, 2.45) is 0 Å². The van der Waals surface area contributed by atoms with Crippen LogP contribution in [0, 0.1) is 0 Å². The second-order valence-electron chi connectivity index (χ2n) is 4.04. The number of piperazine rings is 1. The Morgan fingerprint density at radius 1 is 1.40 bits per heavy atom. The third kappa shape index (κ3) is 2.57. The highest BCUT2D eigenvalue weighted by molar-refractivity contribution is 5.78. The zero-order chi connectivity index (χ0) is 10.7. The average molecular weight is 204 g/mol. The Kier molecular flexibility index (Phi) is 3.02. The molecule has 0 unspecified atom stereocenters. The molecule has 1 fully saturated rings. The van der Waals surface area contributed by atoms with Crippen molar-refractivity contribution in [1.29, 1.82) is 0 Å². The first kappa shape index (κ1) is 10.2. The van der Waals surface area contributed by atoms with Crippen molar-refractivity contribution in [3.05, 3.63) is 35.9 Å². The summed E-state index contributed by atoms with van der Waals surface area (Å²) in [4.78, 5) is 13.1. The third-order valence-electron chi connectivity index (χ3n) is 2.79. The van der Waals surface area contributed by atoms with E-state index in [9.17, 15) is 4.79 Å². The number of carbonyl (C=O) groups excluding carboxylic acids is 1. The van der Waals surface area contributed by atoms with Gasteiger partial charge in [-0.2, -0.15) is 0 Å². The highest BCUT2D eigenvalue weighted by atomic mass is 16.2. The molecule has 1 saturated heterocycles. The van der Waals surface area contributed by atoms with Crippen LogP contribution in [0.2, 0.25) is 0 Å². The minimum Gasteiger partial charge on any atom is -0.343 e. The molecule has 1 heterocycles. The quantitative estimate of drug-likeness (QED) is 0.767. The zero-order valence-electron chi connectivity index (χ0n) is 8.94. The molecule has 1 amide bonds. The Labute approximate surface area is 90.1 Å². The summed E-state index contributed by atoms with van der Waals surface area (Å²) in [6.45, 7) is 1.27. The molecule has 0 radical (unpaired) electrons. The van der Waals surface area contributed by atoms with Crippen molar-refractivity contribution in [3.8, 4) is 0 Å². The first-order chi connectivity index (χ1) is 7.25. The van der Waals surface area contributed by atoms with Gasteiger partial charge < -0.3 is 10.2 Å². The lowest BCUT2D eigenvalue weighted by molar-refractivity contribution is -0.131. The first-order valence-electron chi connectivity index (χ1n) is 5.27. The van der Waals surface area contributed by atoms with Crippen molar-refractivity contribution in [2.45, 2.75) is 12.5 Å². The average Bonchev–Trinajstić information content (AvgIpc) is 2.25. The van der Waals surface area contributed by atoms with Gasteiger partial charge in [-0.15, -0.1) is 0 Å². The van der Waals surface area contributed by atoms with Crippen LogP contribution in [0.5, 0.6) is 0 Å². The van der Waals surface area contributed by atoms with Crippen LogP contribution in [0.3, 0.4) is 0 Å². The van der Waals surface area contributed by atoms with Crippen LogP contribution in [-0.4, -0.2) is 37.0 Å². The molecule has 1 N–H and O–H groups in total. The molecule has 2 rings (SSSR count). The number of hydrogen-bond donors (Lipinski definition) is 1. The summed E-state index contributed by atoms with van der Waals surface area (Å²) >= 11 is 0. The summed E-state index contributed by atoms with van der Waals surface area (Å²) in [6, 6.07) is 10.7. The maximum Gasteiger partial charge on any atom is 0.236 e. The van der Waals surface area contributed by atoms with Crippen molar-refractivity contribution >= 4 is 5.91 Å². The Bertz CT molecular complexity index is 337. The molecule has 0 aliphatic carbocycles. The van der Waals surface area contributed by atoms with E-state index in [-0.39, 0.29) is 5.91 Å². The molecule has 0 saturated carbocycles. The van der Waals surface area contributed by atoms with Gasteiger partial charge in [0.1, 0.15) is 0 Å². The molecule has 15 heavy (non-hydrogen) atoms. The van der Waals surface area contributed by atoms with Gasteiger partial charge in [-0.25, -0.2) is 0 Å². The normalized spacial score (nSPS) is 21.8. The Morgan fingerprint density at radius 3 is 2.80 bits per heavy atom. The van der Waals surface area contributed by atoms with E-state index < -0.39 is 0 Å². The van der Waals surface area contributed by atoms with Crippen LogP contribution in [0.15, 0.2) is 30.3 Å². The number of likely N-dealkylation sites (N-methyl/N-ethyl adjacent to an activating group) is 1. The lowest BCUT2D eigenvalue weighted by Gasteiger charge is -2.30. The van der Waals surface area contributed by atoms with Gasteiger partial charge in [-0.1, -0.05) is 30.3 Å². The maximum atomic E-state index is 11.3. The molecule has 3 nitrogen and oxygen atoms in total. The monoisotopic (exact) mass is 204 g/mol. The van der Waals surface area contributed by atoms with E-state index in [1.807, 2.05) is 25.2 Å². The van der Waals surface area contributed by atoms with E-state index in [0.29, 0.717) is 12.6 Å². The molecule has 1 aromatic carbocycles. The number of amides is 1. The standard InChI is InChI=1S/C12H16N2O/c1-14-9-11(13-8-12(14)15)7-10-5-3-2-4-6-10/h2-6,11,13H,7-9H2,1H3/t11-/m0/s1. The van der Waals surface area contributed by atoms with E-state index in [1.54, 1.807) is 4.90 Å². The summed E-state index contributed by atoms with van der Waals surface area (Å²) in [5.74, 6) is 0.180. The van der Waals surface area contributed by atoms with Gasteiger partial charge in [0.25, 0.3) is 0 Å². The Hall–Kier alpha value is -1.35. The first-order valence-corrected chi connectivity index (χ1v) is 5.27. The van der Waals surface area contributed by atoms with E-state index >= 15 is 0 Å². The molecule has 0 aromatic heterocycles. The van der Waals surface area contributed by atoms with Crippen LogP contribution >= 0.6 is 0 Å². The topological polar surface area (TPSA) is 32.3 Å². The molecule has 0 spiro atoms. The van der Waals surface area contributed by atoms with E-state index in [1.165, 1.54) is 5.56 Å². The molecule has 0 bridgehead atoms. The number of nitrogens with zero attached hydrogens (tertiary/aromatic N) is 1. The van der Waals surface area contributed by atoms with Crippen LogP contribution < -0.4 is 5.32 Å². The predicted molar refractivity (Wildman–Crippen MR) is 59.6 cm³/mol. The van der Waals surface area contributed by atoms with Gasteiger partial charge >= 0.3 is 0 Å². The molecule has 1 aliphatic heterocycles. The molecule has 80 valence electrons. The van der Waals surface area contributed by atoms with Crippen molar-refractivity contribution < 1.29 is 4.79 Å². The number of nitrogens with one attached hydrogen (secondary N) is 1. The Balaban J connectivity index is 1.94. The van der Waals surface area contributed by atoms with Crippen molar-refractivity contribution in [2.75, 3.05) is 20.1 Å². The summed E-state index contributed by atoms with van der Waals surface area (Å²) in [5.41, 5.74) is 1.32. The second-order valence-corrected chi connectivity index (χ2v) is 4.04. The lowest BCUT2D eigenvalue weighted by Crippen LogP contribution is -2.53. The van der Waals surface area contributed by atoms with Gasteiger partial charge in [0.05, 0.1) is 6.54 Å². The minimum atomic E-state index is 0.180. The molecular formula is C12H16N2O. The second kappa shape index (κ2) is 4.45. The third-order valence-corrected chi connectivity index (χ3v) is 2.79.